The molecule has 3 aromatic rings. The van der Waals surface area contributed by atoms with Gasteiger partial charge in [0, 0.05) is 24.9 Å². The fourth-order valence-electron chi connectivity index (χ4n) is 4.64. The number of hydrogen-bond donors (Lipinski definition) is 0. The molecule has 4 rings (SSSR count). The molecule has 1 aliphatic rings. The van der Waals surface area contributed by atoms with Crippen LogP contribution in [0.2, 0.25) is 5.82 Å². The molecule has 0 aromatic heterocycles. The van der Waals surface area contributed by atoms with E-state index in [4.69, 9.17) is 9.31 Å². The number of hydrogen-bond acceptors (Lipinski definition) is 3. The summed E-state index contributed by atoms with van der Waals surface area (Å²) < 4.78 is 13.1. The predicted octanol–water partition coefficient (Wildman–Crippen LogP) is 6.91. The molecule has 0 N–H and O–H groups in total. The second-order valence-electron chi connectivity index (χ2n) is 10.2. The molecule has 0 saturated carbocycles. The van der Waals surface area contributed by atoms with E-state index in [0.717, 1.165) is 13.1 Å². The fraction of sp³-hybridized carbons (Fsp3) is 0.379. The molecule has 0 unspecified atom stereocenters. The molecule has 0 spiro atoms. The molecule has 1 aliphatic heterocycles. The van der Waals surface area contributed by atoms with Crippen LogP contribution in [0.5, 0.6) is 0 Å². The average molecular weight is 441 g/mol. The van der Waals surface area contributed by atoms with E-state index in [1.165, 1.54) is 16.7 Å². The molecule has 0 amide bonds. The Kier molecular flexibility index (Phi) is 7.09. The highest BCUT2D eigenvalue weighted by Crippen LogP contribution is 2.45. The summed E-state index contributed by atoms with van der Waals surface area (Å²) in [6, 6.07) is 32.4. The first-order chi connectivity index (χ1) is 15.8. The summed E-state index contributed by atoms with van der Waals surface area (Å²) in [7, 11) is -0.283. The normalized spacial score (nSPS) is 18.9. The Hall–Kier alpha value is -2.40. The van der Waals surface area contributed by atoms with Crippen LogP contribution in [0.1, 0.15) is 57.4 Å². The van der Waals surface area contributed by atoms with Gasteiger partial charge in [-0.1, -0.05) is 97.9 Å². The smallest absolute Gasteiger partial charge is 0.403 e. The van der Waals surface area contributed by atoms with Crippen LogP contribution in [0, 0.1) is 0 Å². The molecule has 0 radical (unpaired) electrons. The SMILES string of the molecule is C[C@@H](B1OC(C)(C)C(C)(C)O1)[C@H](c1ccccc1)N(Cc1ccccc1)Cc1ccccc1. The highest BCUT2D eigenvalue weighted by molar-refractivity contribution is 6.47. The molecule has 1 heterocycles. The Morgan fingerprint density at radius 2 is 1.06 bits per heavy atom. The quantitative estimate of drug-likeness (QED) is 0.355. The molecule has 3 aromatic carbocycles. The Morgan fingerprint density at radius 1 is 0.667 bits per heavy atom. The van der Waals surface area contributed by atoms with Crippen LogP contribution in [0.25, 0.3) is 0 Å². The van der Waals surface area contributed by atoms with Crippen LogP contribution >= 0.6 is 0 Å². The maximum Gasteiger partial charge on any atom is 0.462 e. The lowest BCUT2D eigenvalue weighted by Gasteiger charge is -2.37. The van der Waals surface area contributed by atoms with Gasteiger partial charge in [-0.2, -0.15) is 0 Å². The van der Waals surface area contributed by atoms with Crippen LogP contribution in [0.3, 0.4) is 0 Å². The van der Waals surface area contributed by atoms with Crippen molar-refractivity contribution in [2.45, 2.75) is 70.8 Å². The minimum absolute atomic E-state index is 0.126. The fourth-order valence-corrected chi connectivity index (χ4v) is 4.64. The summed E-state index contributed by atoms with van der Waals surface area (Å²) in [6.07, 6.45) is 0. The Bertz CT molecular complexity index is 950. The summed E-state index contributed by atoms with van der Waals surface area (Å²) in [5, 5.41) is 0. The van der Waals surface area contributed by atoms with E-state index in [2.05, 4.69) is 131 Å². The molecule has 1 saturated heterocycles. The van der Waals surface area contributed by atoms with Gasteiger partial charge in [0.15, 0.2) is 0 Å². The maximum atomic E-state index is 6.53. The van der Waals surface area contributed by atoms with Gasteiger partial charge in [0.1, 0.15) is 0 Å². The minimum atomic E-state index is -0.350. The summed E-state index contributed by atoms with van der Waals surface area (Å²) in [4.78, 5) is 2.57. The maximum absolute atomic E-state index is 6.53. The zero-order chi connectivity index (χ0) is 23.5. The summed E-state index contributed by atoms with van der Waals surface area (Å²) in [5.74, 6) is 0.126. The van der Waals surface area contributed by atoms with E-state index in [9.17, 15) is 0 Å². The Labute approximate surface area is 199 Å². The third kappa shape index (κ3) is 5.41. The number of benzene rings is 3. The summed E-state index contributed by atoms with van der Waals surface area (Å²) in [6.45, 7) is 12.5. The van der Waals surface area contributed by atoms with E-state index in [1.807, 2.05) is 0 Å². The van der Waals surface area contributed by atoms with Crippen molar-refractivity contribution in [1.29, 1.82) is 0 Å². The topological polar surface area (TPSA) is 21.7 Å². The van der Waals surface area contributed by atoms with Crippen molar-refractivity contribution >= 4 is 7.12 Å². The molecule has 4 heteroatoms. The van der Waals surface area contributed by atoms with Gasteiger partial charge in [0.05, 0.1) is 11.2 Å². The van der Waals surface area contributed by atoms with Crippen LogP contribution in [0.4, 0.5) is 0 Å². The highest BCUT2D eigenvalue weighted by atomic mass is 16.7. The van der Waals surface area contributed by atoms with Crippen molar-refractivity contribution in [3.8, 4) is 0 Å². The van der Waals surface area contributed by atoms with Crippen LogP contribution in [-0.4, -0.2) is 23.2 Å². The largest absolute Gasteiger partial charge is 0.462 e. The second-order valence-corrected chi connectivity index (χ2v) is 10.2. The molecular weight excluding hydrogens is 405 g/mol. The number of rotatable bonds is 8. The van der Waals surface area contributed by atoms with E-state index in [1.54, 1.807) is 0 Å². The van der Waals surface area contributed by atoms with Crippen molar-refractivity contribution in [3.05, 3.63) is 108 Å². The van der Waals surface area contributed by atoms with E-state index in [-0.39, 0.29) is 30.2 Å². The molecule has 33 heavy (non-hydrogen) atoms. The van der Waals surface area contributed by atoms with Gasteiger partial charge in [-0.3, -0.25) is 4.90 Å². The van der Waals surface area contributed by atoms with Crippen LogP contribution in [-0.2, 0) is 22.4 Å². The molecule has 0 bridgehead atoms. The first kappa shape index (κ1) is 23.8. The molecule has 0 aliphatic carbocycles. The van der Waals surface area contributed by atoms with Gasteiger partial charge in [0.25, 0.3) is 0 Å². The minimum Gasteiger partial charge on any atom is -0.403 e. The third-order valence-corrected chi connectivity index (χ3v) is 7.19. The van der Waals surface area contributed by atoms with Crippen molar-refractivity contribution in [2.75, 3.05) is 0 Å². The van der Waals surface area contributed by atoms with Gasteiger partial charge in [0.2, 0.25) is 0 Å². The predicted molar refractivity (Wildman–Crippen MR) is 137 cm³/mol. The van der Waals surface area contributed by atoms with Crippen molar-refractivity contribution in [3.63, 3.8) is 0 Å². The van der Waals surface area contributed by atoms with Gasteiger partial charge < -0.3 is 9.31 Å². The Balaban J connectivity index is 1.72. The summed E-state index contributed by atoms with van der Waals surface area (Å²) in [5.41, 5.74) is 3.19. The Morgan fingerprint density at radius 3 is 1.48 bits per heavy atom. The first-order valence-corrected chi connectivity index (χ1v) is 12.0. The lowest BCUT2D eigenvalue weighted by molar-refractivity contribution is 0.00578. The lowest BCUT2D eigenvalue weighted by atomic mass is 9.66. The molecule has 172 valence electrons. The first-order valence-electron chi connectivity index (χ1n) is 12.0. The average Bonchev–Trinajstić information content (AvgIpc) is 3.03. The lowest BCUT2D eigenvalue weighted by Crippen LogP contribution is -2.41. The van der Waals surface area contributed by atoms with Crippen LogP contribution < -0.4 is 0 Å². The standard InChI is InChI=1S/C29H36BNO2/c1-23(30-32-28(2,3)29(4,5)33-30)27(26-19-13-8-14-20-26)31(21-24-15-9-6-10-16-24)22-25-17-11-7-12-18-25/h6-20,23,27H,21-22H2,1-5H3/t23-,27-/m1/s1. The van der Waals surface area contributed by atoms with Crippen LogP contribution in [0.15, 0.2) is 91.0 Å². The van der Waals surface area contributed by atoms with Gasteiger partial charge in [-0.05, 0) is 44.4 Å². The zero-order valence-electron chi connectivity index (χ0n) is 20.6. The van der Waals surface area contributed by atoms with Gasteiger partial charge >= 0.3 is 7.12 Å². The van der Waals surface area contributed by atoms with E-state index >= 15 is 0 Å². The van der Waals surface area contributed by atoms with E-state index in [0.29, 0.717) is 0 Å². The van der Waals surface area contributed by atoms with E-state index < -0.39 is 0 Å². The zero-order valence-corrected chi connectivity index (χ0v) is 20.6. The molecule has 2 atom stereocenters. The van der Waals surface area contributed by atoms with Crippen molar-refractivity contribution in [1.82, 2.24) is 4.90 Å². The monoisotopic (exact) mass is 441 g/mol. The highest BCUT2D eigenvalue weighted by Gasteiger charge is 2.54. The number of nitrogens with zero attached hydrogens (tertiary/aromatic N) is 1. The van der Waals surface area contributed by atoms with Crippen molar-refractivity contribution in [2.24, 2.45) is 0 Å². The molecular formula is C29H36BNO2. The van der Waals surface area contributed by atoms with Gasteiger partial charge in [-0.15, -0.1) is 0 Å². The summed E-state index contributed by atoms with van der Waals surface area (Å²) >= 11 is 0. The molecule has 1 fully saturated rings. The third-order valence-electron chi connectivity index (χ3n) is 7.19. The molecule has 3 nitrogen and oxygen atoms in total. The van der Waals surface area contributed by atoms with Crippen molar-refractivity contribution < 1.29 is 9.31 Å². The second kappa shape index (κ2) is 9.84. The van der Waals surface area contributed by atoms with Gasteiger partial charge in [-0.25, -0.2) is 0 Å².